The van der Waals surface area contributed by atoms with Crippen molar-refractivity contribution >= 4 is 39.2 Å². The van der Waals surface area contributed by atoms with Crippen LogP contribution in [-0.2, 0) is 19.1 Å². The molecule has 0 rings (SSSR count). The van der Waals surface area contributed by atoms with Crippen molar-refractivity contribution in [3.05, 3.63) is 12.2 Å². The van der Waals surface area contributed by atoms with Crippen LogP contribution in [-0.4, -0.2) is 40.8 Å². The Bertz CT molecular complexity index is 563. The summed E-state index contributed by atoms with van der Waals surface area (Å²) in [6, 6.07) is 0. The van der Waals surface area contributed by atoms with Crippen LogP contribution in [0.15, 0.2) is 12.2 Å². The summed E-state index contributed by atoms with van der Waals surface area (Å²) in [7, 11) is 3.41. The molecule has 0 spiro atoms. The van der Waals surface area contributed by atoms with Gasteiger partial charge in [-0.3, -0.25) is 14.4 Å². The molecule has 0 heterocycles. The fourth-order valence-electron chi connectivity index (χ4n) is 2.63. The van der Waals surface area contributed by atoms with Crippen LogP contribution >= 0.6 is 21.6 Å². The first-order valence-corrected chi connectivity index (χ1v) is 13.2. The van der Waals surface area contributed by atoms with Crippen molar-refractivity contribution in [2.24, 2.45) is 11.8 Å². The minimum absolute atomic E-state index is 0.0212. The van der Waals surface area contributed by atoms with Crippen molar-refractivity contribution < 1.29 is 19.1 Å². The van der Waals surface area contributed by atoms with Crippen molar-refractivity contribution in [2.75, 3.05) is 13.2 Å². The van der Waals surface area contributed by atoms with E-state index in [9.17, 15) is 14.4 Å². The number of amides is 1. The monoisotopic (exact) mass is 459 g/mol. The van der Waals surface area contributed by atoms with Crippen molar-refractivity contribution in [1.29, 1.82) is 0 Å². The van der Waals surface area contributed by atoms with E-state index in [1.54, 1.807) is 21.6 Å². The molecular formula is C23H41NO4S2. The number of rotatable bonds is 16. The maximum absolute atomic E-state index is 12.1. The zero-order valence-corrected chi connectivity index (χ0v) is 21.4. The van der Waals surface area contributed by atoms with Gasteiger partial charge in [-0.05, 0) is 40.5 Å². The predicted octanol–water partition coefficient (Wildman–Crippen LogP) is 5.58. The fraction of sp³-hybridized carbons (Fsp3) is 0.783. The largest absolute Gasteiger partial charge is 0.464 e. The van der Waals surface area contributed by atoms with E-state index in [0.717, 1.165) is 19.3 Å². The second-order valence-electron chi connectivity index (χ2n) is 8.45. The van der Waals surface area contributed by atoms with Gasteiger partial charge in [-0.25, -0.2) is 0 Å². The minimum atomic E-state index is -0.121. The van der Waals surface area contributed by atoms with E-state index in [0.29, 0.717) is 26.0 Å². The third-order valence-electron chi connectivity index (χ3n) is 4.66. The Hall–Kier alpha value is -0.950. The smallest absolute Gasteiger partial charge is 0.308 e. The molecule has 0 aromatic carbocycles. The highest BCUT2D eigenvalue weighted by atomic mass is 33.1. The summed E-state index contributed by atoms with van der Waals surface area (Å²) in [4.78, 5) is 35.9. The van der Waals surface area contributed by atoms with E-state index in [4.69, 9.17) is 4.74 Å². The third kappa shape index (κ3) is 14.1. The van der Waals surface area contributed by atoms with Crippen molar-refractivity contribution in [3.63, 3.8) is 0 Å². The molecule has 0 bridgehead atoms. The number of nitrogens with one attached hydrogen (secondary N) is 1. The lowest BCUT2D eigenvalue weighted by atomic mass is 10.0. The topological polar surface area (TPSA) is 72.5 Å². The summed E-state index contributed by atoms with van der Waals surface area (Å²) in [5.41, 5.74) is 0. The van der Waals surface area contributed by atoms with Gasteiger partial charge in [0.05, 0.1) is 5.92 Å². The minimum Gasteiger partial charge on any atom is -0.464 e. The Kier molecular flexibility index (Phi) is 15.3. The summed E-state index contributed by atoms with van der Waals surface area (Å²) in [6.07, 6.45) is 7.10. The first-order valence-electron chi connectivity index (χ1n) is 11.0. The predicted molar refractivity (Wildman–Crippen MR) is 130 cm³/mol. The highest BCUT2D eigenvalue weighted by Crippen LogP contribution is 2.41. The molecule has 3 atom stereocenters. The quantitative estimate of drug-likeness (QED) is 0.184. The van der Waals surface area contributed by atoms with Crippen LogP contribution in [0.5, 0.6) is 0 Å². The van der Waals surface area contributed by atoms with Crippen LogP contribution in [0.4, 0.5) is 0 Å². The van der Waals surface area contributed by atoms with E-state index in [1.807, 2.05) is 39.8 Å². The standard InChI is InChI=1S/C23H41NO4S2/c1-8-10-17(3)20(25)13-15-24-21(26)12-14-23(6,7)30-29-19(5)16-28-22(27)18(4)11-9-2/h8,10,17-19H,9,11-16H2,1-7H3,(H,24,26). The first kappa shape index (κ1) is 29.1. The summed E-state index contributed by atoms with van der Waals surface area (Å²) < 4.78 is 5.33. The third-order valence-corrected chi connectivity index (χ3v) is 8.50. The Labute approximate surface area is 191 Å². The molecule has 5 nitrogen and oxygen atoms in total. The Morgan fingerprint density at radius 3 is 2.40 bits per heavy atom. The molecule has 3 unspecified atom stereocenters. The number of carbonyl (C=O) groups excluding carboxylic acids is 3. The lowest BCUT2D eigenvalue weighted by Crippen LogP contribution is -2.28. The SMILES string of the molecule is CC=CC(C)C(=O)CCNC(=O)CCC(C)(C)SSC(C)COC(=O)C(C)CCC. The number of allylic oxidation sites excluding steroid dienone is 2. The summed E-state index contributed by atoms with van der Waals surface area (Å²) in [5.74, 6) is -0.151. The summed E-state index contributed by atoms with van der Waals surface area (Å²) in [5, 5.41) is 3.03. The lowest BCUT2D eigenvalue weighted by Gasteiger charge is -2.24. The average molecular weight is 460 g/mol. The molecule has 0 radical (unpaired) electrons. The fourth-order valence-corrected chi connectivity index (χ4v) is 5.05. The molecular weight excluding hydrogens is 418 g/mol. The zero-order valence-electron chi connectivity index (χ0n) is 19.8. The molecule has 30 heavy (non-hydrogen) atoms. The highest BCUT2D eigenvalue weighted by Gasteiger charge is 2.23. The molecule has 0 fully saturated rings. The lowest BCUT2D eigenvalue weighted by molar-refractivity contribution is -0.148. The van der Waals surface area contributed by atoms with E-state index in [1.165, 1.54) is 0 Å². The van der Waals surface area contributed by atoms with Gasteiger partial charge in [0.2, 0.25) is 5.91 Å². The molecule has 1 N–H and O–H groups in total. The van der Waals surface area contributed by atoms with Crippen molar-refractivity contribution in [2.45, 2.75) is 90.6 Å². The molecule has 0 aliphatic carbocycles. The second kappa shape index (κ2) is 15.8. The van der Waals surface area contributed by atoms with Crippen molar-refractivity contribution in [1.82, 2.24) is 5.32 Å². The van der Waals surface area contributed by atoms with Gasteiger partial charge in [-0.2, -0.15) is 0 Å². The van der Waals surface area contributed by atoms with Crippen LogP contribution < -0.4 is 5.32 Å². The first-order chi connectivity index (χ1) is 14.0. The molecule has 0 saturated carbocycles. The second-order valence-corrected chi connectivity index (χ2v) is 11.8. The highest BCUT2D eigenvalue weighted by molar-refractivity contribution is 8.77. The van der Waals surface area contributed by atoms with Gasteiger partial charge >= 0.3 is 5.97 Å². The number of esters is 1. The summed E-state index contributed by atoms with van der Waals surface area (Å²) >= 11 is 0. The van der Waals surface area contributed by atoms with Crippen LogP contribution in [0.2, 0.25) is 0 Å². The van der Waals surface area contributed by atoms with E-state index in [2.05, 4.69) is 26.1 Å². The molecule has 0 aliphatic rings. The van der Waals surface area contributed by atoms with Gasteiger partial charge in [0.1, 0.15) is 12.4 Å². The van der Waals surface area contributed by atoms with Crippen LogP contribution in [0.25, 0.3) is 0 Å². The van der Waals surface area contributed by atoms with Gasteiger partial charge in [-0.15, -0.1) is 0 Å². The molecule has 0 saturated heterocycles. The Balaban J connectivity index is 4.09. The van der Waals surface area contributed by atoms with E-state index >= 15 is 0 Å². The molecule has 0 aromatic heterocycles. The number of carbonyl (C=O) groups is 3. The van der Waals surface area contributed by atoms with Gasteiger partial charge in [0, 0.05) is 35.3 Å². The maximum atomic E-state index is 12.1. The number of hydrogen-bond donors (Lipinski definition) is 1. The number of ketones is 1. The molecule has 0 aromatic rings. The molecule has 0 aliphatic heterocycles. The van der Waals surface area contributed by atoms with Crippen molar-refractivity contribution in [3.8, 4) is 0 Å². The molecule has 174 valence electrons. The summed E-state index contributed by atoms with van der Waals surface area (Å²) in [6.45, 7) is 14.8. The van der Waals surface area contributed by atoms with Gasteiger partial charge < -0.3 is 10.1 Å². The Morgan fingerprint density at radius 1 is 1.13 bits per heavy atom. The zero-order chi connectivity index (χ0) is 23.2. The van der Waals surface area contributed by atoms with Gasteiger partial charge in [-0.1, -0.05) is 60.9 Å². The number of hydrogen-bond acceptors (Lipinski definition) is 6. The van der Waals surface area contributed by atoms with Crippen LogP contribution in [0.3, 0.4) is 0 Å². The number of ether oxygens (including phenoxy) is 1. The maximum Gasteiger partial charge on any atom is 0.308 e. The average Bonchev–Trinajstić information content (AvgIpc) is 2.69. The normalized spacial score (nSPS) is 14.9. The Morgan fingerprint density at radius 2 is 1.80 bits per heavy atom. The van der Waals surface area contributed by atoms with E-state index in [-0.39, 0.29) is 39.5 Å². The van der Waals surface area contributed by atoms with Crippen LogP contribution in [0, 0.1) is 11.8 Å². The number of Topliss-reactive ketones (excluding diaryl/α,β-unsaturated/α-hetero) is 1. The molecule has 7 heteroatoms. The van der Waals surface area contributed by atoms with Gasteiger partial charge in [0.25, 0.3) is 0 Å². The van der Waals surface area contributed by atoms with Gasteiger partial charge in [0.15, 0.2) is 0 Å². The van der Waals surface area contributed by atoms with Crippen LogP contribution in [0.1, 0.15) is 80.6 Å². The van der Waals surface area contributed by atoms with E-state index < -0.39 is 0 Å². The molecule has 1 amide bonds.